The summed E-state index contributed by atoms with van der Waals surface area (Å²) in [6.45, 7) is 0. The zero-order chi connectivity index (χ0) is 4.00. The van der Waals surface area contributed by atoms with Crippen LogP contribution in [0.1, 0.15) is 0 Å². The molecule has 0 unspecified atom stereocenters. The Morgan fingerprint density at radius 2 is 1.25 bits per heavy atom. The number of hydrogen-bond acceptors (Lipinski definition) is 3. The lowest BCUT2D eigenvalue weighted by Gasteiger charge is -1.25. The van der Waals surface area contributed by atoms with Gasteiger partial charge in [-0.1, -0.05) is 0 Å². The highest BCUT2D eigenvalue weighted by molar-refractivity contribution is 3.54. The molecule has 0 aliphatic heterocycles. The van der Waals surface area contributed by atoms with Crippen LogP contribution in [-0.2, 0) is 0 Å². The Labute approximate surface area is 24.6 Å². The van der Waals surface area contributed by atoms with Gasteiger partial charge in [0.1, 0.15) is 0 Å². The van der Waals surface area contributed by atoms with E-state index in [0.717, 1.165) is 0 Å². The van der Waals surface area contributed by atoms with Crippen molar-refractivity contribution in [1.29, 1.82) is 0 Å². The quantitative estimate of drug-likeness (QED) is 0.265. The molecule has 0 aromatic carbocycles. The molecule has 0 saturated carbocycles. The van der Waals surface area contributed by atoms with Crippen molar-refractivity contribution in [2.24, 2.45) is 5.73 Å². The first-order valence-electron chi connectivity index (χ1n) is 0.777. The van der Waals surface area contributed by atoms with Crippen molar-refractivity contribution in [3.63, 3.8) is 0 Å². The van der Waals surface area contributed by atoms with Gasteiger partial charge in [0.05, 0.1) is 0 Å². The van der Waals surface area contributed by atoms with E-state index < -0.39 is 0 Å². The molecule has 0 rings (SSSR count). The summed E-state index contributed by atoms with van der Waals surface area (Å²) in [5, 5.41) is 12.0. The highest BCUT2D eigenvalue weighted by Crippen LogP contribution is 0.711. The number of hydrogen-bond donors (Lipinski definition) is 3. The van der Waals surface area contributed by atoms with Crippen molar-refractivity contribution in [2.45, 2.75) is 0 Å². The Morgan fingerprint density at radius 1 is 1.25 bits per heavy atom. The zero-order valence-corrected chi connectivity index (χ0v) is 2.47. The summed E-state index contributed by atoms with van der Waals surface area (Å²) in [6.07, 6.45) is 0. The fourth-order valence-corrected chi connectivity index (χ4v) is 0. The molecule has 28 valence electrons. The molecule has 0 fully saturated rings. The third-order valence-corrected chi connectivity index (χ3v) is 0. The van der Waals surface area contributed by atoms with Gasteiger partial charge in [-0.2, -0.15) is 0 Å². The van der Waals surface area contributed by atoms with Crippen LogP contribution in [-0.4, -0.2) is 17.6 Å². The number of nitrogens with two attached hydrogens (primary N) is 1. The van der Waals surface area contributed by atoms with Gasteiger partial charge in [-0.3, -0.25) is 10.5 Å². The van der Waals surface area contributed by atoms with Crippen LogP contribution in [0.25, 0.3) is 0 Å². The van der Waals surface area contributed by atoms with E-state index in [-0.39, 0.29) is 0 Å². The van der Waals surface area contributed by atoms with Crippen molar-refractivity contribution in [1.82, 2.24) is 0 Å². The highest BCUT2D eigenvalue weighted by atomic mass is 17.0. The minimum Gasteiger partial charge on any atom is -0.333 e. The summed E-state index contributed by atoms with van der Waals surface area (Å²) in [5.74, 6) is 0. The molecule has 4 heavy (non-hydrogen) atoms. The molecule has 0 radical (unpaired) electrons. The maximum absolute atomic E-state index is 6.00. The van der Waals surface area contributed by atoms with E-state index in [4.69, 9.17) is 10.5 Å². The molecule has 0 bridgehead atoms. The van der Waals surface area contributed by atoms with Crippen LogP contribution in [0, 0.1) is 0 Å². The smallest absolute Gasteiger partial charge is 0.0195 e. The molecular weight excluding hydrogens is 58.0 g/mol. The topological polar surface area (TPSA) is 66.5 Å². The Kier molecular flexibility index (Phi) is 1610. The van der Waals surface area contributed by atoms with Gasteiger partial charge in [0, 0.05) is 0 Å². The largest absolute Gasteiger partial charge is 0.333 e. The molecule has 0 aromatic heterocycles. The van der Waals surface area contributed by atoms with E-state index in [9.17, 15) is 0 Å². The lowest BCUT2D eigenvalue weighted by Crippen LogP contribution is -1.69. The molecule has 0 spiro atoms. The minimum atomic E-state index is 1.50. The second-order valence-corrected chi connectivity index (χ2v) is 0. The molecule has 0 atom stereocenters. The first-order valence-corrected chi connectivity index (χ1v) is 0.777. The normalized spacial score (nSPS) is 3.00. The summed E-state index contributed by atoms with van der Waals surface area (Å²) in [6, 6.07) is 0. The van der Waals surface area contributed by atoms with E-state index >= 15 is 0 Å². The van der Waals surface area contributed by atoms with Gasteiger partial charge in [-0.05, 0) is 7.05 Å². The van der Waals surface area contributed by atoms with Crippen molar-refractivity contribution in [2.75, 3.05) is 7.05 Å². The van der Waals surface area contributed by atoms with Crippen molar-refractivity contribution < 1.29 is 10.5 Å². The summed E-state index contributed by atoms with van der Waals surface area (Å²) < 4.78 is 0. The molecular formula is CH7NO2. The standard InChI is InChI=1S/CH5N.H2O2/c2*1-2/h2H2,1H3;1-2H. The van der Waals surface area contributed by atoms with Crippen LogP contribution in [0.15, 0.2) is 0 Å². The lowest BCUT2D eigenvalue weighted by atomic mass is 11.6. The Bertz CT molecular complexity index is 6.00. The molecule has 0 heterocycles. The summed E-state index contributed by atoms with van der Waals surface area (Å²) in [4.78, 5) is 0. The first kappa shape index (κ1) is 9.11. The monoisotopic (exact) mass is 65.0 g/mol. The summed E-state index contributed by atoms with van der Waals surface area (Å²) in [7, 11) is 1.50. The zero-order valence-electron chi connectivity index (χ0n) is 2.47. The van der Waals surface area contributed by atoms with Crippen molar-refractivity contribution in [3.05, 3.63) is 0 Å². The predicted molar refractivity (Wildman–Crippen MR) is 15.4 cm³/mol. The molecule has 3 nitrogen and oxygen atoms in total. The van der Waals surface area contributed by atoms with Crippen LogP contribution in [0.5, 0.6) is 0 Å². The maximum atomic E-state index is 6.00. The number of rotatable bonds is 0. The molecule has 0 saturated heterocycles. The van der Waals surface area contributed by atoms with E-state index in [1.54, 1.807) is 0 Å². The molecule has 0 amide bonds. The Morgan fingerprint density at radius 3 is 1.25 bits per heavy atom. The second kappa shape index (κ2) is 707. The molecule has 4 N–H and O–H groups in total. The average molecular weight is 65.1 g/mol. The van der Waals surface area contributed by atoms with Gasteiger partial charge >= 0.3 is 0 Å². The van der Waals surface area contributed by atoms with E-state index in [0.29, 0.717) is 0 Å². The van der Waals surface area contributed by atoms with Gasteiger partial charge < -0.3 is 5.73 Å². The highest BCUT2D eigenvalue weighted by Gasteiger charge is 0.836. The van der Waals surface area contributed by atoms with Gasteiger partial charge in [-0.15, -0.1) is 0 Å². The van der Waals surface area contributed by atoms with Crippen LogP contribution in [0.2, 0.25) is 0 Å². The van der Waals surface area contributed by atoms with Crippen molar-refractivity contribution >= 4 is 0 Å². The molecule has 0 aromatic rings. The van der Waals surface area contributed by atoms with E-state index in [2.05, 4.69) is 5.73 Å². The van der Waals surface area contributed by atoms with Gasteiger partial charge in [0.15, 0.2) is 0 Å². The molecule has 0 aliphatic carbocycles. The Balaban J connectivity index is 0. The maximum Gasteiger partial charge on any atom is -0.0195 e. The van der Waals surface area contributed by atoms with Crippen LogP contribution >= 0.6 is 0 Å². The summed E-state index contributed by atoms with van der Waals surface area (Å²) in [5.41, 5.74) is 4.50. The van der Waals surface area contributed by atoms with E-state index in [1.807, 2.05) is 0 Å². The van der Waals surface area contributed by atoms with Crippen LogP contribution in [0.3, 0.4) is 0 Å². The molecule has 3 heteroatoms. The summed E-state index contributed by atoms with van der Waals surface area (Å²) >= 11 is 0. The van der Waals surface area contributed by atoms with E-state index in [1.165, 1.54) is 7.05 Å². The fraction of sp³-hybridized carbons (Fsp3) is 1.00. The third-order valence-electron chi connectivity index (χ3n) is 0. The van der Waals surface area contributed by atoms with Gasteiger partial charge in [-0.25, -0.2) is 0 Å². The second-order valence-electron chi connectivity index (χ2n) is 0. The van der Waals surface area contributed by atoms with Crippen LogP contribution in [0.4, 0.5) is 0 Å². The molecule has 0 aliphatic rings. The van der Waals surface area contributed by atoms with Gasteiger partial charge in [0.2, 0.25) is 0 Å². The Hall–Kier alpha value is -0.120. The first-order chi connectivity index (χ1) is 2.00. The van der Waals surface area contributed by atoms with Gasteiger partial charge in [0.25, 0.3) is 0 Å². The van der Waals surface area contributed by atoms with Crippen LogP contribution < -0.4 is 5.73 Å². The SMILES string of the molecule is CN.OO. The lowest BCUT2D eigenvalue weighted by molar-refractivity contribution is -0.176. The predicted octanol–water partition coefficient (Wildman–Crippen LogP) is -0.408. The average Bonchev–Trinajstić information content (AvgIpc) is 1.50. The fourth-order valence-electron chi connectivity index (χ4n) is 0. The van der Waals surface area contributed by atoms with Crippen molar-refractivity contribution in [3.8, 4) is 0 Å². The third kappa shape index (κ3) is 101. The minimum absolute atomic E-state index is 1.50.